The molecule has 0 aliphatic rings. The maximum absolute atomic E-state index is 11.3. The summed E-state index contributed by atoms with van der Waals surface area (Å²) in [5.74, 6) is -0.201. The summed E-state index contributed by atoms with van der Waals surface area (Å²) < 4.78 is 5.18. The number of hydrogen-bond donors (Lipinski definition) is 2. The second-order valence-electron chi connectivity index (χ2n) is 6.50. The van der Waals surface area contributed by atoms with Crippen LogP contribution in [0.5, 0.6) is 0 Å². The van der Waals surface area contributed by atoms with Crippen LogP contribution < -0.4 is 10.6 Å². The maximum Gasteiger partial charge on any atom is 0.320 e. The lowest BCUT2D eigenvalue weighted by atomic mass is 9.97. The molecule has 2 N–H and O–H groups in total. The Balaban J connectivity index is 3.44. The fourth-order valence-electron chi connectivity index (χ4n) is 1.21. The van der Waals surface area contributed by atoms with Crippen LogP contribution in [0.3, 0.4) is 0 Å². The fraction of sp³-hybridized carbons (Fsp3) is 0.923. The van der Waals surface area contributed by atoms with E-state index >= 15 is 0 Å². The predicted octanol–water partition coefficient (Wildman–Crippen LogP) is 1.55. The number of nitrogens with one attached hydrogen (secondary N) is 2. The molecule has 0 fully saturated rings. The summed E-state index contributed by atoms with van der Waals surface area (Å²) in [6.45, 7) is 15.1. The van der Waals surface area contributed by atoms with Gasteiger partial charge in [-0.25, -0.2) is 0 Å². The van der Waals surface area contributed by atoms with Crippen LogP contribution >= 0.6 is 0 Å². The first-order valence-electron chi connectivity index (χ1n) is 6.23. The smallest absolute Gasteiger partial charge is 0.320 e. The molecule has 0 aromatic rings. The first-order valence-corrected chi connectivity index (χ1v) is 6.23. The first kappa shape index (κ1) is 16.4. The van der Waals surface area contributed by atoms with Gasteiger partial charge in [-0.2, -0.15) is 0 Å². The summed E-state index contributed by atoms with van der Waals surface area (Å²) in [5.41, 5.74) is -0.103. The molecule has 0 heterocycles. The molecule has 0 bridgehead atoms. The maximum atomic E-state index is 11.3. The molecule has 0 aromatic heterocycles. The summed E-state index contributed by atoms with van der Waals surface area (Å²) in [5, 5.41) is 6.39. The van der Waals surface area contributed by atoms with Crippen molar-refractivity contribution < 1.29 is 9.53 Å². The van der Waals surface area contributed by atoms with Gasteiger partial charge in [0.2, 0.25) is 0 Å². The molecule has 0 amide bonds. The number of hydrogen-bond acceptors (Lipinski definition) is 4. The molecule has 4 heteroatoms. The average molecular weight is 244 g/mol. The molecule has 0 saturated heterocycles. The number of carbonyl (C=O) groups is 1. The van der Waals surface area contributed by atoms with Crippen molar-refractivity contribution in [2.24, 2.45) is 5.41 Å². The fourth-order valence-corrected chi connectivity index (χ4v) is 1.21. The van der Waals surface area contributed by atoms with Crippen LogP contribution in [-0.2, 0) is 9.53 Å². The van der Waals surface area contributed by atoms with Crippen molar-refractivity contribution in [3.63, 3.8) is 0 Å². The number of ether oxygens (including phenoxy) is 1. The minimum Gasteiger partial charge on any atom is -0.459 e. The van der Waals surface area contributed by atoms with E-state index in [-0.39, 0.29) is 12.5 Å². The zero-order chi connectivity index (χ0) is 13.5. The van der Waals surface area contributed by atoms with Gasteiger partial charge in [-0.3, -0.25) is 4.79 Å². The Morgan fingerprint density at radius 1 is 1.00 bits per heavy atom. The van der Waals surface area contributed by atoms with Gasteiger partial charge in [0.25, 0.3) is 0 Å². The van der Waals surface area contributed by atoms with Crippen LogP contribution in [0.25, 0.3) is 0 Å². The molecule has 0 rings (SSSR count). The summed E-state index contributed by atoms with van der Waals surface area (Å²) in [6.07, 6.45) is 0. The third-order valence-corrected chi connectivity index (χ3v) is 1.82. The quantitative estimate of drug-likeness (QED) is 0.550. The predicted molar refractivity (Wildman–Crippen MR) is 71.0 cm³/mol. The zero-order valence-electron chi connectivity index (χ0n) is 12.1. The monoisotopic (exact) mass is 244 g/mol. The molecule has 0 aromatic carbocycles. The molecule has 0 aliphatic carbocycles. The van der Waals surface area contributed by atoms with Gasteiger partial charge in [-0.1, -0.05) is 20.8 Å². The number of rotatable bonds is 6. The van der Waals surface area contributed by atoms with Gasteiger partial charge in [0.1, 0.15) is 5.60 Å². The molecule has 0 radical (unpaired) electrons. The lowest BCUT2D eigenvalue weighted by Crippen LogP contribution is -2.36. The van der Waals surface area contributed by atoms with Crippen molar-refractivity contribution >= 4 is 5.97 Å². The highest BCUT2D eigenvalue weighted by Crippen LogP contribution is 2.09. The SMILES string of the molecule is CC(C)(C)CNCCNCC(=O)OC(C)(C)C. The summed E-state index contributed by atoms with van der Waals surface area (Å²) in [7, 11) is 0. The van der Waals surface area contributed by atoms with E-state index in [1.165, 1.54) is 0 Å². The van der Waals surface area contributed by atoms with Gasteiger partial charge in [-0.05, 0) is 26.2 Å². The molecular formula is C13H28N2O2. The van der Waals surface area contributed by atoms with Gasteiger partial charge >= 0.3 is 5.97 Å². The van der Waals surface area contributed by atoms with E-state index in [1.54, 1.807) is 0 Å². The van der Waals surface area contributed by atoms with E-state index in [9.17, 15) is 4.79 Å². The summed E-state index contributed by atoms with van der Waals surface area (Å²) in [6, 6.07) is 0. The molecule has 4 nitrogen and oxygen atoms in total. The Morgan fingerprint density at radius 3 is 2.00 bits per heavy atom. The zero-order valence-corrected chi connectivity index (χ0v) is 12.1. The molecule has 0 atom stereocenters. The van der Waals surface area contributed by atoms with Crippen molar-refractivity contribution in [3.8, 4) is 0 Å². The molecule has 0 aliphatic heterocycles. The highest BCUT2D eigenvalue weighted by atomic mass is 16.6. The Kier molecular flexibility index (Phi) is 6.72. The Hall–Kier alpha value is -0.610. The lowest BCUT2D eigenvalue weighted by molar-refractivity contribution is -0.153. The van der Waals surface area contributed by atoms with E-state index in [2.05, 4.69) is 31.4 Å². The van der Waals surface area contributed by atoms with E-state index in [1.807, 2.05) is 20.8 Å². The van der Waals surface area contributed by atoms with Crippen LogP contribution in [0.1, 0.15) is 41.5 Å². The van der Waals surface area contributed by atoms with E-state index in [0.29, 0.717) is 5.41 Å². The van der Waals surface area contributed by atoms with Crippen molar-refractivity contribution in [1.82, 2.24) is 10.6 Å². The second kappa shape index (κ2) is 6.97. The third kappa shape index (κ3) is 13.3. The van der Waals surface area contributed by atoms with Crippen molar-refractivity contribution in [3.05, 3.63) is 0 Å². The van der Waals surface area contributed by atoms with Crippen molar-refractivity contribution in [2.75, 3.05) is 26.2 Å². The van der Waals surface area contributed by atoms with Crippen LogP contribution in [0.15, 0.2) is 0 Å². The van der Waals surface area contributed by atoms with Gasteiger partial charge in [-0.15, -0.1) is 0 Å². The van der Waals surface area contributed by atoms with Gasteiger partial charge in [0.05, 0.1) is 6.54 Å². The number of carbonyl (C=O) groups excluding carboxylic acids is 1. The van der Waals surface area contributed by atoms with Crippen molar-refractivity contribution in [1.29, 1.82) is 0 Å². The van der Waals surface area contributed by atoms with Crippen LogP contribution in [0.2, 0.25) is 0 Å². The normalized spacial score (nSPS) is 12.6. The van der Waals surface area contributed by atoms with E-state index in [4.69, 9.17) is 4.74 Å². The van der Waals surface area contributed by atoms with Crippen molar-refractivity contribution in [2.45, 2.75) is 47.1 Å². The van der Waals surface area contributed by atoms with Crippen LogP contribution in [-0.4, -0.2) is 37.7 Å². The largest absolute Gasteiger partial charge is 0.459 e. The average Bonchev–Trinajstić information content (AvgIpc) is 2.06. The summed E-state index contributed by atoms with van der Waals surface area (Å²) >= 11 is 0. The lowest BCUT2D eigenvalue weighted by Gasteiger charge is -2.20. The highest BCUT2D eigenvalue weighted by Gasteiger charge is 2.15. The second-order valence-corrected chi connectivity index (χ2v) is 6.50. The van der Waals surface area contributed by atoms with E-state index < -0.39 is 5.60 Å². The number of esters is 1. The van der Waals surface area contributed by atoms with Crippen LogP contribution in [0, 0.1) is 5.41 Å². The Bertz CT molecular complexity index is 227. The third-order valence-electron chi connectivity index (χ3n) is 1.82. The van der Waals surface area contributed by atoms with E-state index in [0.717, 1.165) is 19.6 Å². The van der Waals surface area contributed by atoms with Crippen LogP contribution in [0.4, 0.5) is 0 Å². The van der Waals surface area contributed by atoms with Gasteiger partial charge < -0.3 is 15.4 Å². The Morgan fingerprint density at radius 2 is 1.53 bits per heavy atom. The standard InChI is InChI=1S/C13H28N2O2/c1-12(2,3)10-15-8-7-14-9-11(16)17-13(4,5)6/h14-15H,7-10H2,1-6H3. The molecule has 102 valence electrons. The molecule has 0 unspecified atom stereocenters. The minimum absolute atomic E-state index is 0.201. The summed E-state index contributed by atoms with van der Waals surface area (Å²) in [4.78, 5) is 11.3. The molecular weight excluding hydrogens is 216 g/mol. The molecule has 0 spiro atoms. The first-order chi connectivity index (χ1) is 7.60. The van der Waals surface area contributed by atoms with Gasteiger partial charge in [0, 0.05) is 19.6 Å². The minimum atomic E-state index is -0.400. The highest BCUT2D eigenvalue weighted by molar-refractivity contribution is 5.72. The topological polar surface area (TPSA) is 50.4 Å². The molecule has 0 saturated carbocycles. The molecule has 17 heavy (non-hydrogen) atoms. The Labute approximate surface area is 105 Å². The van der Waals surface area contributed by atoms with Gasteiger partial charge in [0.15, 0.2) is 0 Å².